The van der Waals surface area contributed by atoms with Crippen LogP contribution in [0.5, 0.6) is 0 Å². The topological polar surface area (TPSA) is 181 Å². The number of nitrogens with one attached hydrogen (secondary N) is 2. The number of nitrogens with two attached hydrogens (primary N) is 1. The van der Waals surface area contributed by atoms with E-state index in [4.69, 9.17) is 15.2 Å². The number of methoxy groups -OCH3 is 2. The Kier molecular flexibility index (Phi) is 17.8. The van der Waals surface area contributed by atoms with Gasteiger partial charge in [-0.2, -0.15) is 0 Å². The molecule has 0 aliphatic carbocycles. The van der Waals surface area contributed by atoms with E-state index in [2.05, 4.69) is 10.0 Å². The largest absolute Gasteiger partial charge is 0.379 e. The number of amides is 4. The summed E-state index contributed by atoms with van der Waals surface area (Å²) in [7, 11) is 4.18. The Bertz CT molecular complexity index is 1460. The summed E-state index contributed by atoms with van der Waals surface area (Å²) in [6.45, 7) is 14.0. The summed E-state index contributed by atoms with van der Waals surface area (Å²) < 4.78 is 40.0. The molecule has 1 aromatic carbocycles. The van der Waals surface area contributed by atoms with Gasteiger partial charge >= 0.3 is 0 Å². The molecule has 2 rings (SSSR count). The third-order valence-electron chi connectivity index (χ3n) is 10.6. The van der Waals surface area contributed by atoms with E-state index in [-0.39, 0.29) is 53.3 Å². The van der Waals surface area contributed by atoms with E-state index in [0.29, 0.717) is 25.8 Å². The average Bonchev–Trinajstić information content (AvgIpc) is 3.59. The highest BCUT2D eigenvalue weighted by molar-refractivity contribution is 7.90. The third kappa shape index (κ3) is 11.7. The second-order valence-corrected chi connectivity index (χ2v) is 17.0. The van der Waals surface area contributed by atoms with E-state index < -0.39 is 58.2 Å². The molecule has 302 valence electrons. The van der Waals surface area contributed by atoms with Crippen molar-refractivity contribution in [2.45, 2.75) is 122 Å². The number of sulfonamides is 1. The maximum absolute atomic E-state index is 14.2. The number of rotatable bonds is 20. The first kappa shape index (κ1) is 46.0. The number of nitrogens with zero attached hydrogens (tertiary/aromatic N) is 3. The maximum atomic E-state index is 14.2. The van der Waals surface area contributed by atoms with Crippen LogP contribution in [0.15, 0.2) is 29.2 Å². The first-order valence-corrected chi connectivity index (χ1v) is 20.2. The number of benzene rings is 1. The van der Waals surface area contributed by atoms with Gasteiger partial charge in [0.15, 0.2) is 0 Å². The summed E-state index contributed by atoms with van der Waals surface area (Å²) in [6.07, 6.45) is 0.411. The number of hydrogen-bond donors (Lipinski definition) is 3. The van der Waals surface area contributed by atoms with Crippen molar-refractivity contribution < 1.29 is 37.1 Å². The molecule has 1 saturated heterocycles. The van der Waals surface area contributed by atoms with Crippen molar-refractivity contribution in [3.63, 3.8) is 0 Å². The quantitative estimate of drug-likeness (QED) is 0.179. The van der Waals surface area contributed by atoms with Gasteiger partial charge < -0.3 is 30.3 Å². The molecule has 0 unspecified atom stereocenters. The standard InChI is InChI=1S/C38H66N6O8S/c1-13-25(6)34(43(10)38(48)32(23(2)3)40-37(47)33(24(4)5)42(8)9)30(51-11)21-31(45)44-20-14-15-29(44)35(52-12)26(7)36(46)41-53(49,50)28-18-16-27(22-39)17-19-28/h16-19,23-26,29-30,32-35H,13-15,20-22,39H2,1-12H3,(H,40,47)(H,41,46)/t25-,26+,29-,30-,32-,33-,34-,35+/m0/s1. The van der Waals surface area contributed by atoms with Gasteiger partial charge in [-0.05, 0) is 62.4 Å². The molecular formula is C38H66N6O8S. The number of carbonyl (C=O) groups is 4. The van der Waals surface area contributed by atoms with Crippen LogP contribution in [0.3, 0.4) is 0 Å². The highest BCUT2D eigenvalue weighted by Gasteiger charge is 2.43. The molecule has 1 heterocycles. The van der Waals surface area contributed by atoms with Crippen molar-refractivity contribution >= 4 is 33.7 Å². The van der Waals surface area contributed by atoms with Gasteiger partial charge in [-0.1, -0.05) is 67.0 Å². The normalized spacial score (nSPS) is 19.0. The second-order valence-electron chi connectivity index (χ2n) is 15.3. The van der Waals surface area contributed by atoms with Crippen LogP contribution in [0.4, 0.5) is 0 Å². The lowest BCUT2D eigenvalue weighted by Gasteiger charge is -2.41. The molecule has 0 saturated carbocycles. The van der Waals surface area contributed by atoms with Crippen LogP contribution in [-0.2, 0) is 45.2 Å². The fraction of sp³-hybridized carbons (Fsp3) is 0.737. The first-order chi connectivity index (χ1) is 24.8. The third-order valence-corrected chi connectivity index (χ3v) is 12.0. The molecule has 1 aliphatic heterocycles. The van der Waals surface area contributed by atoms with E-state index >= 15 is 0 Å². The second kappa shape index (κ2) is 20.5. The minimum absolute atomic E-state index is 0.0274. The van der Waals surface area contributed by atoms with Crippen LogP contribution in [0.1, 0.15) is 79.7 Å². The van der Waals surface area contributed by atoms with Crippen molar-refractivity contribution in [1.29, 1.82) is 0 Å². The molecule has 4 N–H and O–H groups in total. The van der Waals surface area contributed by atoms with Gasteiger partial charge in [0.25, 0.3) is 10.0 Å². The van der Waals surface area contributed by atoms with E-state index in [9.17, 15) is 27.6 Å². The highest BCUT2D eigenvalue weighted by Crippen LogP contribution is 2.30. The summed E-state index contributed by atoms with van der Waals surface area (Å²) in [6, 6.07) is 3.76. The van der Waals surface area contributed by atoms with Crippen molar-refractivity contribution in [1.82, 2.24) is 24.7 Å². The van der Waals surface area contributed by atoms with E-state index in [1.54, 1.807) is 35.9 Å². The van der Waals surface area contributed by atoms with E-state index in [1.165, 1.54) is 26.4 Å². The molecule has 0 bridgehead atoms. The van der Waals surface area contributed by atoms with Crippen molar-refractivity contribution in [2.24, 2.45) is 29.4 Å². The fourth-order valence-corrected chi connectivity index (χ4v) is 8.56. The van der Waals surface area contributed by atoms with E-state index in [0.717, 1.165) is 5.56 Å². The smallest absolute Gasteiger partial charge is 0.264 e. The lowest BCUT2D eigenvalue weighted by Crippen LogP contribution is -2.59. The number of likely N-dealkylation sites (N-methyl/N-ethyl adjacent to an activating group) is 2. The summed E-state index contributed by atoms with van der Waals surface area (Å²) in [5.74, 6) is -2.62. The summed E-state index contributed by atoms with van der Waals surface area (Å²) >= 11 is 0. The van der Waals surface area contributed by atoms with Crippen LogP contribution < -0.4 is 15.8 Å². The lowest BCUT2D eigenvalue weighted by atomic mass is 9.89. The Hall–Kier alpha value is -3.11. The molecule has 8 atom stereocenters. The van der Waals surface area contributed by atoms with Crippen LogP contribution in [-0.4, -0.2) is 125 Å². The molecule has 0 aromatic heterocycles. The molecule has 14 nitrogen and oxygen atoms in total. The molecule has 0 spiro atoms. The van der Waals surface area contributed by atoms with Gasteiger partial charge in [-0.3, -0.25) is 24.1 Å². The number of ether oxygens (including phenoxy) is 2. The number of carbonyl (C=O) groups excluding carboxylic acids is 4. The molecule has 1 aromatic rings. The van der Waals surface area contributed by atoms with E-state index in [1.807, 2.05) is 60.5 Å². The molecule has 1 fully saturated rings. The first-order valence-electron chi connectivity index (χ1n) is 18.7. The number of hydrogen-bond acceptors (Lipinski definition) is 10. The molecule has 4 amide bonds. The van der Waals surface area contributed by atoms with Crippen molar-refractivity contribution in [3.05, 3.63) is 29.8 Å². The predicted octanol–water partition coefficient (Wildman–Crippen LogP) is 2.60. The Morgan fingerprint density at radius 3 is 2.02 bits per heavy atom. The van der Waals surface area contributed by atoms with Crippen molar-refractivity contribution in [2.75, 3.05) is 41.9 Å². The van der Waals surface area contributed by atoms with Crippen LogP contribution in [0.2, 0.25) is 0 Å². The Balaban J connectivity index is 2.29. The average molecular weight is 767 g/mol. The van der Waals surface area contributed by atoms with Gasteiger partial charge in [0.1, 0.15) is 6.04 Å². The summed E-state index contributed by atoms with van der Waals surface area (Å²) in [4.78, 5) is 60.1. The SMILES string of the molecule is CC[C@H](C)[C@@H]([C@H](CC(=O)N1CCC[C@H]1[C@H](OC)[C@@H](C)C(=O)NS(=O)(=O)c1ccc(CN)cc1)OC)N(C)C(=O)[C@@H](NC(=O)[C@H](C(C)C)N(C)C)C(C)C. The molecular weight excluding hydrogens is 701 g/mol. The van der Waals surface area contributed by atoms with Gasteiger partial charge in [-0.15, -0.1) is 0 Å². The van der Waals surface area contributed by atoms with Crippen LogP contribution in [0, 0.1) is 23.7 Å². The molecule has 0 radical (unpaired) electrons. The van der Waals surface area contributed by atoms with Gasteiger partial charge in [0.05, 0.1) is 47.6 Å². The summed E-state index contributed by atoms with van der Waals surface area (Å²) in [5.41, 5.74) is 6.38. The lowest BCUT2D eigenvalue weighted by molar-refractivity contribution is -0.148. The van der Waals surface area contributed by atoms with Gasteiger partial charge in [0.2, 0.25) is 23.6 Å². The molecule has 15 heteroatoms. The van der Waals surface area contributed by atoms with Gasteiger partial charge in [0, 0.05) is 34.4 Å². The monoisotopic (exact) mass is 766 g/mol. The Morgan fingerprint density at radius 2 is 1.55 bits per heavy atom. The fourth-order valence-electron chi connectivity index (χ4n) is 7.50. The zero-order valence-corrected chi connectivity index (χ0v) is 34.7. The zero-order valence-electron chi connectivity index (χ0n) is 33.9. The molecule has 1 aliphatic rings. The minimum atomic E-state index is -4.16. The summed E-state index contributed by atoms with van der Waals surface area (Å²) in [5, 5.41) is 3.01. The van der Waals surface area contributed by atoms with Crippen molar-refractivity contribution in [3.8, 4) is 0 Å². The Labute approximate surface area is 317 Å². The molecule has 53 heavy (non-hydrogen) atoms. The Morgan fingerprint density at radius 1 is 0.943 bits per heavy atom. The maximum Gasteiger partial charge on any atom is 0.264 e. The van der Waals surface area contributed by atoms with Crippen LogP contribution in [0.25, 0.3) is 0 Å². The predicted molar refractivity (Wildman–Crippen MR) is 205 cm³/mol. The van der Waals surface area contributed by atoms with Gasteiger partial charge in [-0.25, -0.2) is 13.1 Å². The zero-order chi connectivity index (χ0) is 40.4. The van der Waals surface area contributed by atoms with Crippen LogP contribution >= 0.6 is 0 Å². The number of likely N-dealkylation sites (tertiary alicyclic amines) is 1. The highest BCUT2D eigenvalue weighted by atomic mass is 32.2. The minimum Gasteiger partial charge on any atom is -0.379 e.